The number of thiazole rings is 2. The summed E-state index contributed by atoms with van der Waals surface area (Å²) in [7, 11) is 1.71. The molecule has 2 aromatic heterocycles. The van der Waals surface area contributed by atoms with Gasteiger partial charge in [0.15, 0.2) is 5.13 Å². The molecule has 2 N–H and O–H groups in total. The Morgan fingerprint density at radius 2 is 2.17 bits per heavy atom. The van der Waals surface area contributed by atoms with E-state index >= 15 is 0 Å². The Bertz CT molecular complexity index is 507. The van der Waals surface area contributed by atoms with E-state index in [1.165, 1.54) is 11.3 Å². The van der Waals surface area contributed by atoms with Crippen LogP contribution in [-0.4, -0.2) is 23.7 Å². The van der Waals surface area contributed by atoms with Gasteiger partial charge in [-0.2, -0.15) is 0 Å². The molecule has 0 aromatic carbocycles. The summed E-state index contributed by atoms with van der Waals surface area (Å²) in [5.41, 5.74) is 7.80. The van der Waals surface area contributed by atoms with Crippen LogP contribution >= 0.6 is 22.7 Å². The van der Waals surface area contributed by atoms with Crippen LogP contribution in [0.25, 0.3) is 10.6 Å². The summed E-state index contributed by atoms with van der Waals surface area (Å²) in [4.78, 5) is 10.2. The zero-order chi connectivity index (χ0) is 13.0. The van der Waals surface area contributed by atoms with Crippen LogP contribution in [-0.2, 0) is 17.6 Å². The van der Waals surface area contributed by atoms with Gasteiger partial charge in [0, 0.05) is 18.9 Å². The largest absolute Gasteiger partial charge is 0.384 e. The van der Waals surface area contributed by atoms with Gasteiger partial charge in [0.2, 0.25) is 0 Å². The van der Waals surface area contributed by atoms with Crippen molar-refractivity contribution < 1.29 is 4.74 Å². The maximum atomic E-state index is 5.70. The number of hydrogen-bond acceptors (Lipinski definition) is 6. The fourth-order valence-electron chi connectivity index (χ4n) is 1.70. The molecular formula is C12H17N3OS2. The van der Waals surface area contributed by atoms with Crippen LogP contribution < -0.4 is 5.73 Å². The molecule has 18 heavy (non-hydrogen) atoms. The lowest BCUT2D eigenvalue weighted by Crippen LogP contribution is -1.94. The van der Waals surface area contributed by atoms with Crippen LogP contribution in [0.1, 0.15) is 24.0 Å². The van der Waals surface area contributed by atoms with Crippen LogP contribution in [0.3, 0.4) is 0 Å². The zero-order valence-electron chi connectivity index (χ0n) is 10.6. The zero-order valence-corrected chi connectivity index (χ0v) is 12.2. The van der Waals surface area contributed by atoms with Crippen molar-refractivity contribution in [2.45, 2.75) is 26.2 Å². The first-order valence-corrected chi connectivity index (χ1v) is 7.63. The first kappa shape index (κ1) is 13.5. The third kappa shape index (κ3) is 3.07. The third-order valence-corrected chi connectivity index (χ3v) is 4.36. The maximum absolute atomic E-state index is 5.70. The number of nitrogens with two attached hydrogens (primary N) is 1. The lowest BCUT2D eigenvalue weighted by atomic mass is 10.2. The smallest absolute Gasteiger partial charge is 0.180 e. The highest BCUT2D eigenvalue weighted by molar-refractivity contribution is 7.16. The molecule has 0 amide bonds. The molecule has 0 spiro atoms. The van der Waals surface area contributed by atoms with Crippen molar-refractivity contribution in [3.05, 3.63) is 16.1 Å². The molecule has 0 aliphatic rings. The molecule has 2 heterocycles. The maximum Gasteiger partial charge on any atom is 0.180 e. The Labute approximate surface area is 115 Å². The van der Waals surface area contributed by atoms with Gasteiger partial charge < -0.3 is 10.5 Å². The Morgan fingerprint density at radius 3 is 2.78 bits per heavy atom. The lowest BCUT2D eigenvalue weighted by molar-refractivity contribution is 0.202. The Morgan fingerprint density at radius 1 is 1.33 bits per heavy atom. The number of nitrogen functional groups attached to an aromatic ring is 1. The summed E-state index contributed by atoms with van der Waals surface area (Å²) in [5.74, 6) is 0. The second kappa shape index (κ2) is 6.26. The average molecular weight is 283 g/mol. The van der Waals surface area contributed by atoms with Gasteiger partial charge >= 0.3 is 0 Å². The van der Waals surface area contributed by atoms with Gasteiger partial charge in [-0.05, 0) is 6.42 Å². The topological polar surface area (TPSA) is 61.0 Å². The molecule has 4 nitrogen and oxygen atoms in total. The van der Waals surface area contributed by atoms with Crippen LogP contribution in [0.15, 0.2) is 5.38 Å². The van der Waals surface area contributed by atoms with Crippen molar-refractivity contribution in [1.82, 2.24) is 9.97 Å². The summed E-state index contributed by atoms with van der Waals surface area (Å²) in [5, 5.41) is 3.73. The van der Waals surface area contributed by atoms with Gasteiger partial charge in [0.25, 0.3) is 0 Å². The van der Waals surface area contributed by atoms with E-state index in [-0.39, 0.29) is 0 Å². The van der Waals surface area contributed by atoms with Crippen molar-refractivity contribution in [3.63, 3.8) is 0 Å². The average Bonchev–Trinajstić information content (AvgIpc) is 2.93. The summed E-state index contributed by atoms with van der Waals surface area (Å²) < 4.78 is 5.10. The molecule has 98 valence electrons. The number of aromatic nitrogens is 2. The van der Waals surface area contributed by atoms with E-state index in [4.69, 9.17) is 10.5 Å². The minimum Gasteiger partial charge on any atom is -0.384 e. The SMILES string of the molecule is CCCc1nc(CCOC)sc1-c1csc(N)n1. The number of methoxy groups -OCH3 is 1. The van der Waals surface area contributed by atoms with Crippen molar-refractivity contribution in [3.8, 4) is 10.6 Å². The predicted octanol–water partition coefficient (Wildman–Crippen LogP) is 2.99. The van der Waals surface area contributed by atoms with Crippen molar-refractivity contribution in [2.75, 3.05) is 19.5 Å². The van der Waals surface area contributed by atoms with E-state index in [1.807, 2.05) is 5.38 Å². The fourth-order valence-corrected chi connectivity index (χ4v) is 3.38. The second-order valence-electron chi connectivity index (χ2n) is 3.95. The number of aryl methyl sites for hydroxylation is 1. The molecule has 0 radical (unpaired) electrons. The molecule has 0 saturated heterocycles. The molecular weight excluding hydrogens is 266 g/mol. The van der Waals surface area contributed by atoms with Crippen LogP contribution in [0.5, 0.6) is 0 Å². The Hall–Kier alpha value is -0.980. The second-order valence-corrected chi connectivity index (χ2v) is 5.92. The summed E-state index contributed by atoms with van der Waals surface area (Å²) >= 11 is 3.18. The number of nitrogens with zero attached hydrogens (tertiary/aromatic N) is 2. The van der Waals surface area contributed by atoms with E-state index in [9.17, 15) is 0 Å². The van der Waals surface area contributed by atoms with Crippen molar-refractivity contribution in [2.24, 2.45) is 0 Å². The first-order chi connectivity index (χ1) is 8.74. The molecule has 0 bridgehead atoms. The molecule has 0 saturated carbocycles. The fraction of sp³-hybridized carbons (Fsp3) is 0.500. The molecule has 0 fully saturated rings. The standard InChI is InChI=1S/C12H17N3OS2/c1-3-4-8-11(9-7-17-12(13)15-9)18-10(14-8)5-6-16-2/h7H,3-6H2,1-2H3,(H2,13,15). The molecule has 6 heteroatoms. The van der Waals surface area contributed by atoms with E-state index < -0.39 is 0 Å². The molecule has 2 aromatic rings. The van der Waals surface area contributed by atoms with Crippen LogP contribution in [0.2, 0.25) is 0 Å². The summed E-state index contributed by atoms with van der Waals surface area (Å²) in [6.45, 7) is 2.87. The predicted molar refractivity (Wildman–Crippen MR) is 77.2 cm³/mol. The van der Waals surface area contributed by atoms with E-state index in [0.717, 1.165) is 40.5 Å². The van der Waals surface area contributed by atoms with Gasteiger partial charge in [-0.3, -0.25) is 0 Å². The van der Waals surface area contributed by atoms with Gasteiger partial charge in [0.1, 0.15) is 0 Å². The normalized spacial score (nSPS) is 11.0. The van der Waals surface area contributed by atoms with Crippen molar-refractivity contribution in [1.29, 1.82) is 0 Å². The molecule has 0 aliphatic heterocycles. The van der Waals surface area contributed by atoms with Gasteiger partial charge in [-0.15, -0.1) is 22.7 Å². The monoisotopic (exact) mass is 283 g/mol. The number of hydrogen-bond donors (Lipinski definition) is 1. The summed E-state index contributed by atoms with van der Waals surface area (Å²) in [6, 6.07) is 0. The minimum absolute atomic E-state index is 0.610. The molecule has 0 atom stereocenters. The van der Waals surface area contributed by atoms with E-state index in [2.05, 4.69) is 16.9 Å². The van der Waals surface area contributed by atoms with Gasteiger partial charge in [-0.25, -0.2) is 9.97 Å². The number of rotatable bonds is 6. The van der Waals surface area contributed by atoms with Gasteiger partial charge in [0.05, 0.1) is 27.9 Å². The highest BCUT2D eigenvalue weighted by Crippen LogP contribution is 2.32. The minimum atomic E-state index is 0.610. The molecule has 2 rings (SSSR count). The lowest BCUT2D eigenvalue weighted by Gasteiger charge is -1.95. The van der Waals surface area contributed by atoms with Crippen LogP contribution in [0, 0.1) is 0 Å². The third-order valence-electron chi connectivity index (χ3n) is 2.50. The Kier molecular flexibility index (Phi) is 4.68. The van der Waals surface area contributed by atoms with Crippen LogP contribution in [0.4, 0.5) is 5.13 Å². The highest BCUT2D eigenvalue weighted by Gasteiger charge is 2.14. The van der Waals surface area contributed by atoms with E-state index in [0.29, 0.717) is 11.7 Å². The Balaban J connectivity index is 2.28. The summed E-state index contributed by atoms with van der Waals surface area (Å²) in [6.07, 6.45) is 2.92. The number of anilines is 1. The molecule has 0 aliphatic carbocycles. The quantitative estimate of drug-likeness (QED) is 0.885. The molecule has 0 unspecified atom stereocenters. The first-order valence-electron chi connectivity index (χ1n) is 5.93. The number of ether oxygens (including phenoxy) is 1. The van der Waals surface area contributed by atoms with E-state index in [1.54, 1.807) is 18.4 Å². The van der Waals surface area contributed by atoms with Gasteiger partial charge in [-0.1, -0.05) is 13.3 Å². The highest BCUT2D eigenvalue weighted by atomic mass is 32.1. The van der Waals surface area contributed by atoms with Crippen molar-refractivity contribution >= 4 is 27.8 Å².